The summed E-state index contributed by atoms with van der Waals surface area (Å²) < 4.78 is 15.9. The van der Waals surface area contributed by atoms with Crippen LogP contribution in [0.1, 0.15) is 34.1 Å². The van der Waals surface area contributed by atoms with E-state index in [1.165, 1.54) is 0 Å². The molecule has 0 aliphatic heterocycles. The third-order valence-corrected chi connectivity index (χ3v) is 11.0. The van der Waals surface area contributed by atoms with E-state index in [9.17, 15) is 14.4 Å². The van der Waals surface area contributed by atoms with Gasteiger partial charge in [-0.05, 0) is 24.1 Å². The smallest absolute Gasteiger partial charge is 0.307 e. The van der Waals surface area contributed by atoms with Crippen LogP contribution < -0.4 is 0 Å². The number of ether oxygens (including phenoxy) is 2. The van der Waals surface area contributed by atoms with Gasteiger partial charge < -0.3 is 13.9 Å². The molecular weight excluding hydrogens is 380 g/mol. The van der Waals surface area contributed by atoms with Crippen molar-refractivity contribution in [2.45, 2.75) is 63.9 Å². The van der Waals surface area contributed by atoms with E-state index in [1.54, 1.807) is 6.92 Å². The van der Waals surface area contributed by atoms with Crippen LogP contribution in [0.4, 0.5) is 0 Å². The van der Waals surface area contributed by atoms with Gasteiger partial charge >= 0.3 is 11.9 Å². The molecule has 9 heteroatoms. The van der Waals surface area contributed by atoms with Gasteiger partial charge in [-0.25, -0.2) is 0 Å². The fourth-order valence-electron chi connectivity index (χ4n) is 1.66. The molecule has 0 heterocycles. The molecule has 0 spiro atoms. The molecule has 0 aliphatic carbocycles. The molecule has 0 saturated heterocycles. The average Bonchev–Trinajstić information content (AvgIpc) is 2.49. The van der Waals surface area contributed by atoms with Gasteiger partial charge in [0.1, 0.15) is 0 Å². The van der Waals surface area contributed by atoms with Gasteiger partial charge in [0, 0.05) is 22.2 Å². The van der Waals surface area contributed by atoms with E-state index in [2.05, 4.69) is 38.6 Å². The first-order valence-electron chi connectivity index (χ1n) is 8.37. The Balaban J connectivity index is 4.63. The number of hydrogen-bond acceptors (Lipinski definition) is 6. The van der Waals surface area contributed by atoms with Crippen molar-refractivity contribution in [3.05, 3.63) is 0 Å². The molecule has 146 valence electrons. The lowest BCUT2D eigenvalue weighted by Gasteiger charge is -2.36. The predicted molar refractivity (Wildman–Crippen MR) is 103 cm³/mol. The molecule has 0 rings (SSSR count). The summed E-state index contributed by atoms with van der Waals surface area (Å²) in [4.78, 5) is 34.9. The first kappa shape index (κ1) is 24.3. The Hall–Kier alpha value is -0.706. The van der Waals surface area contributed by atoms with Gasteiger partial charge in [-0.2, -0.15) is 0 Å². The molecule has 0 saturated carbocycles. The maximum absolute atomic E-state index is 12.2. The normalized spacial score (nSPS) is 16.0. The standard InChI is InChI=1S/C16H31ClO6Si2/c1-11(7-13(19)21-10-17)14(24)15(20)23-12(8-18)9-22-25(5,6)16(2,3)4/h8,11-12,14H,7,9-10H2,1-6,24H3. The van der Waals surface area contributed by atoms with E-state index in [1.807, 2.05) is 0 Å². The third-order valence-electron chi connectivity index (χ3n) is 4.76. The number of rotatable bonds is 10. The van der Waals surface area contributed by atoms with Crippen LogP contribution in [0.25, 0.3) is 0 Å². The van der Waals surface area contributed by atoms with Gasteiger partial charge in [-0.3, -0.25) is 14.4 Å². The zero-order valence-electron chi connectivity index (χ0n) is 16.3. The lowest BCUT2D eigenvalue weighted by atomic mass is 10.0. The maximum atomic E-state index is 12.2. The number of carbonyl (C=O) groups excluding carboxylic acids is 3. The van der Waals surface area contributed by atoms with Crippen LogP contribution in [0.3, 0.4) is 0 Å². The molecule has 0 bridgehead atoms. The minimum Gasteiger partial charge on any atom is -0.452 e. The minimum atomic E-state index is -2.03. The molecule has 0 radical (unpaired) electrons. The quantitative estimate of drug-likeness (QED) is 0.237. The molecule has 0 aromatic rings. The Kier molecular flexibility index (Phi) is 10.1. The first-order valence-corrected chi connectivity index (χ1v) is 13.0. The highest BCUT2D eigenvalue weighted by Gasteiger charge is 2.38. The van der Waals surface area contributed by atoms with Crippen LogP contribution in [0.5, 0.6) is 0 Å². The van der Waals surface area contributed by atoms with Crippen LogP contribution in [-0.4, -0.2) is 55.6 Å². The first-order chi connectivity index (χ1) is 11.4. The molecule has 0 amide bonds. The molecule has 0 fully saturated rings. The summed E-state index contributed by atoms with van der Waals surface area (Å²) in [5, 5.41) is 0.00193. The number of esters is 2. The zero-order chi connectivity index (χ0) is 19.8. The molecular formula is C16H31ClO6Si2. The monoisotopic (exact) mass is 410 g/mol. The summed E-state index contributed by atoms with van der Waals surface area (Å²) in [7, 11) is -1.53. The lowest BCUT2D eigenvalue weighted by molar-refractivity contribution is -0.154. The highest BCUT2D eigenvalue weighted by Crippen LogP contribution is 2.36. The third kappa shape index (κ3) is 8.48. The SMILES string of the molecule is CC(CC(=O)OCCl)C([SiH3])C(=O)OC(C=O)CO[Si](C)(C)C(C)(C)C. The van der Waals surface area contributed by atoms with Crippen molar-refractivity contribution in [1.29, 1.82) is 0 Å². The van der Waals surface area contributed by atoms with Gasteiger partial charge in [-0.1, -0.05) is 39.3 Å². The molecule has 3 atom stereocenters. The van der Waals surface area contributed by atoms with Crippen molar-refractivity contribution < 1.29 is 28.3 Å². The average molecular weight is 411 g/mol. The highest BCUT2D eigenvalue weighted by molar-refractivity contribution is 6.74. The highest BCUT2D eigenvalue weighted by atomic mass is 35.5. The number of halogens is 1. The van der Waals surface area contributed by atoms with E-state index in [0.717, 1.165) is 0 Å². The fraction of sp³-hybridized carbons (Fsp3) is 0.812. The van der Waals surface area contributed by atoms with Crippen molar-refractivity contribution >= 4 is 48.4 Å². The number of aldehydes is 1. The summed E-state index contributed by atoms with van der Waals surface area (Å²) in [5.74, 6) is -1.17. The molecule has 6 nitrogen and oxygen atoms in total. The summed E-state index contributed by atoms with van der Waals surface area (Å²) in [6.07, 6.45) is -0.256. The molecule has 25 heavy (non-hydrogen) atoms. The summed E-state index contributed by atoms with van der Waals surface area (Å²) in [6.45, 7) is 12.2. The number of hydrogen-bond donors (Lipinski definition) is 0. The Morgan fingerprint density at radius 2 is 1.84 bits per heavy atom. The van der Waals surface area contributed by atoms with Gasteiger partial charge in [0.25, 0.3) is 0 Å². The Morgan fingerprint density at radius 3 is 2.28 bits per heavy atom. The Bertz CT molecular complexity index is 464. The Morgan fingerprint density at radius 1 is 1.28 bits per heavy atom. The number of alkyl halides is 1. The van der Waals surface area contributed by atoms with E-state index in [-0.39, 0.29) is 30.0 Å². The van der Waals surface area contributed by atoms with Gasteiger partial charge in [-0.15, -0.1) is 0 Å². The van der Waals surface area contributed by atoms with E-state index < -0.39 is 31.9 Å². The predicted octanol–water partition coefficient (Wildman–Crippen LogP) is 2.04. The van der Waals surface area contributed by atoms with Crippen molar-refractivity contribution in [2.75, 3.05) is 12.7 Å². The summed E-state index contributed by atoms with van der Waals surface area (Å²) >= 11 is 5.34. The molecule has 0 aromatic carbocycles. The maximum Gasteiger partial charge on any atom is 0.307 e. The van der Waals surface area contributed by atoms with E-state index in [4.69, 9.17) is 20.8 Å². The largest absolute Gasteiger partial charge is 0.452 e. The summed E-state index contributed by atoms with van der Waals surface area (Å²) in [6, 6.07) is -0.209. The van der Waals surface area contributed by atoms with Gasteiger partial charge in [0.05, 0.1) is 6.61 Å². The van der Waals surface area contributed by atoms with Crippen LogP contribution in [-0.2, 0) is 28.3 Å². The minimum absolute atomic E-state index is 0.00193. The van der Waals surface area contributed by atoms with E-state index >= 15 is 0 Å². The van der Waals surface area contributed by atoms with Gasteiger partial charge in [0.2, 0.25) is 0 Å². The second-order valence-corrected chi connectivity index (χ2v) is 14.0. The van der Waals surface area contributed by atoms with E-state index in [0.29, 0.717) is 16.5 Å². The van der Waals surface area contributed by atoms with Crippen molar-refractivity contribution in [2.24, 2.45) is 5.92 Å². The van der Waals surface area contributed by atoms with Crippen molar-refractivity contribution in [3.63, 3.8) is 0 Å². The van der Waals surface area contributed by atoms with Crippen molar-refractivity contribution in [1.82, 2.24) is 0 Å². The second-order valence-electron chi connectivity index (χ2n) is 7.78. The van der Waals surface area contributed by atoms with Crippen LogP contribution >= 0.6 is 11.6 Å². The van der Waals surface area contributed by atoms with Crippen LogP contribution in [0.2, 0.25) is 23.7 Å². The van der Waals surface area contributed by atoms with Gasteiger partial charge in [0.15, 0.2) is 26.8 Å². The molecule has 3 unspecified atom stereocenters. The fourth-order valence-corrected chi connectivity index (χ4v) is 3.16. The zero-order valence-corrected chi connectivity index (χ0v) is 20.0. The Labute approximate surface area is 159 Å². The van der Waals surface area contributed by atoms with Crippen LogP contribution in [0, 0.1) is 5.92 Å². The van der Waals surface area contributed by atoms with Crippen LogP contribution in [0.15, 0.2) is 0 Å². The molecule has 0 aliphatic rings. The second kappa shape index (κ2) is 10.4. The topological polar surface area (TPSA) is 78.9 Å². The summed E-state index contributed by atoms with van der Waals surface area (Å²) in [5.41, 5.74) is -0.418. The lowest BCUT2D eigenvalue weighted by Crippen LogP contribution is -2.43. The molecule has 0 N–H and O–H groups in total. The van der Waals surface area contributed by atoms with Crippen molar-refractivity contribution in [3.8, 4) is 0 Å². The number of carbonyl (C=O) groups is 3. The molecule has 0 aromatic heterocycles.